The second-order valence-electron chi connectivity index (χ2n) is 3.43. The predicted molar refractivity (Wildman–Crippen MR) is 59.6 cm³/mol. The zero-order valence-electron chi connectivity index (χ0n) is 9.20. The van der Waals surface area contributed by atoms with E-state index in [1.165, 1.54) is 0 Å². The largest absolute Gasteiger partial charge is 0.392 e. The Morgan fingerprint density at radius 3 is 2.60 bits per heavy atom. The minimum atomic E-state index is -0.327. The fourth-order valence-corrected chi connectivity index (χ4v) is 1.12. The minimum Gasteiger partial charge on any atom is -0.392 e. The summed E-state index contributed by atoms with van der Waals surface area (Å²) in [6.45, 7) is 5.82. The SMILES string of the molecule is CCNc1ncc(CNC[C@@H](C)O)cn1. The van der Waals surface area contributed by atoms with E-state index in [2.05, 4.69) is 20.6 Å². The third-order valence-corrected chi connectivity index (χ3v) is 1.81. The first-order chi connectivity index (χ1) is 7.22. The average Bonchev–Trinajstić information content (AvgIpc) is 2.20. The topological polar surface area (TPSA) is 70.1 Å². The number of aliphatic hydroxyl groups excluding tert-OH is 1. The summed E-state index contributed by atoms with van der Waals surface area (Å²) in [6, 6.07) is 0. The van der Waals surface area contributed by atoms with Gasteiger partial charge in [-0.1, -0.05) is 0 Å². The van der Waals surface area contributed by atoms with Gasteiger partial charge in [0.1, 0.15) is 0 Å². The zero-order valence-corrected chi connectivity index (χ0v) is 9.20. The molecule has 1 heterocycles. The van der Waals surface area contributed by atoms with Crippen LogP contribution in [0.4, 0.5) is 5.95 Å². The Kier molecular flexibility index (Phi) is 5.00. The van der Waals surface area contributed by atoms with Gasteiger partial charge in [-0.05, 0) is 13.8 Å². The highest BCUT2D eigenvalue weighted by atomic mass is 16.3. The van der Waals surface area contributed by atoms with Crippen molar-refractivity contribution in [3.05, 3.63) is 18.0 Å². The lowest BCUT2D eigenvalue weighted by Crippen LogP contribution is -2.24. The highest BCUT2D eigenvalue weighted by molar-refractivity contribution is 5.24. The molecule has 1 atom stereocenters. The monoisotopic (exact) mass is 210 g/mol. The molecule has 1 aromatic heterocycles. The molecule has 0 bridgehead atoms. The van der Waals surface area contributed by atoms with E-state index < -0.39 is 0 Å². The van der Waals surface area contributed by atoms with Gasteiger partial charge in [-0.25, -0.2) is 9.97 Å². The van der Waals surface area contributed by atoms with Crippen molar-refractivity contribution in [3.63, 3.8) is 0 Å². The molecule has 0 fully saturated rings. The molecule has 0 aromatic carbocycles. The van der Waals surface area contributed by atoms with Gasteiger partial charge in [-0.3, -0.25) is 0 Å². The molecule has 0 spiro atoms. The molecule has 0 radical (unpaired) electrons. The lowest BCUT2D eigenvalue weighted by atomic mass is 10.3. The normalized spacial score (nSPS) is 12.5. The first kappa shape index (κ1) is 11.9. The number of hydrogen-bond acceptors (Lipinski definition) is 5. The Morgan fingerprint density at radius 1 is 1.40 bits per heavy atom. The summed E-state index contributed by atoms with van der Waals surface area (Å²) in [7, 11) is 0. The van der Waals surface area contributed by atoms with Crippen molar-refractivity contribution in [3.8, 4) is 0 Å². The number of aromatic nitrogens is 2. The van der Waals surface area contributed by atoms with Crippen LogP contribution < -0.4 is 10.6 Å². The van der Waals surface area contributed by atoms with Crippen LogP contribution in [0.25, 0.3) is 0 Å². The van der Waals surface area contributed by atoms with Crippen molar-refractivity contribution in [1.82, 2.24) is 15.3 Å². The fourth-order valence-electron chi connectivity index (χ4n) is 1.12. The van der Waals surface area contributed by atoms with E-state index >= 15 is 0 Å². The fraction of sp³-hybridized carbons (Fsp3) is 0.600. The van der Waals surface area contributed by atoms with Crippen molar-refractivity contribution < 1.29 is 5.11 Å². The second kappa shape index (κ2) is 6.31. The predicted octanol–water partition coefficient (Wildman–Crippen LogP) is 0.379. The van der Waals surface area contributed by atoms with Crippen molar-refractivity contribution in [2.45, 2.75) is 26.5 Å². The molecule has 84 valence electrons. The van der Waals surface area contributed by atoms with E-state index in [0.717, 1.165) is 12.1 Å². The molecule has 0 saturated carbocycles. The number of hydrogen-bond donors (Lipinski definition) is 3. The van der Waals surface area contributed by atoms with E-state index in [4.69, 9.17) is 5.11 Å². The van der Waals surface area contributed by atoms with Crippen molar-refractivity contribution >= 4 is 5.95 Å². The number of anilines is 1. The maximum atomic E-state index is 9.04. The quantitative estimate of drug-likeness (QED) is 0.633. The maximum Gasteiger partial charge on any atom is 0.222 e. The summed E-state index contributed by atoms with van der Waals surface area (Å²) in [5.74, 6) is 0.650. The number of rotatable bonds is 6. The molecule has 5 nitrogen and oxygen atoms in total. The smallest absolute Gasteiger partial charge is 0.222 e. The van der Waals surface area contributed by atoms with Gasteiger partial charge in [0.05, 0.1) is 6.10 Å². The molecular weight excluding hydrogens is 192 g/mol. The first-order valence-electron chi connectivity index (χ1n) is 5.16. The summed E-state index contributed by atoms with van der Waals surface area (Å²) in [5.41, 5.74) is 1.01. The van der Waals surface area contributed by atoms with Crippen molar-refractivity contribution in [2.24, 2.45) is 0 Å². The van der Waals surface area contributed by atoms with Crippen LogP contribution >= 0.6 is 0 Å². The summed E-state index contributed by atoms with van der Waals surface area (Å²) >= 11 is 0. The zero-order chi connectivity index (χ0) is 11.1. The van der Waals surface area contributed by atoms with Crippen LogP contribution in [-0.2, 0) is 6.54 Å². The second-order valence-corrected chi connectivity index (χ2v) is 3.43. The molecule has 0 amide bonds. The number of aliphatic hydroxyl groups is 1. The van der Waals surface area contributed by atoms with Crippen LogP contribution in [0.15, 0.2) is 12.4 Å². The maximum absolute atomic E-state index is 9.04. The Labute approximate surface area is 90.0 Å². The molecule has 3 N–H and O–H groups in total. The summed E-state index contributed by atoms with van der Waals surface area (Å²) in [5, 5.41) is 15.2. The van der Waals surface area contributed by atoms with Crippen LogP contribution in [-0.4, -0.2) is 34.3 Å². The molecule has 5 heteroatoms. The average molecular weight is 210 g/mol. The van der Waals surface area contributed by atoms with E-state index in [0.29, 0.717) is 19.0 Å². The molecule has 0 aliphatic heterocycles. The number of nitrogens with one attached hydrogen (secondary N) is 2. The standard InChI is InChI=1S/C10H18N4O/c1-3-12-10-13-6-9(7-14-10)5-11-4-8(2)15/h6-8,11,15H,3-5H2,1-2H3,(H,12,13,14)/t8-/m1/s1. The molecule has 0 saturated heterocycles. The van der Waals surface area contributed by atoms with Crippen LogP contribution in [0.2, 0.25) is 0 Å². The van der Waals surface area contributed by atoms with E-state index in [1.807, 2.05) is 6.92 Å². The Bertz CT molecular complexity index is 273. The van der Waals surface area contributed by atoms with Crippen molar-refractivity contribution in [1.29, 1.82) is 0 Å². The molecule has 0 aliphatic carbocycles. The van der Waals surface area contributed by atoms with Gasteiger partial charge >= 0.3 is 0 Å². The highest BCUT2D eigenvalue weighted by Crippen LogP contribution is 1.99. The molecule has 1 rings (SSSR count). The molecule has 15 heavy (non-hydrogen) atoms. The van der Waals surface area contributed by atoms with E-state index in [-0.39, 0.29) is 6.10 Å². The van der Waals surface area contributed by atoms with Crippen LogP contribution in [0, 0.1) is 0 Å². The molecule has 0 unspecified atom stereocenters. The molecule has 1 aromatic rings. The highest BCUT2D eigenvalue weighted by Gasteiger charge is 1.97. The molecular formula is C10H18N4O. The van der Waals surface area contributed by atoms with E-state index in [9.17, 15) is 0 Å². The van der Waals surface area contributed by atoms with Gasteiger partial charge in [-0.2, -0.15) is 0 Å². The van der Waals surface area contributed by atoms with Crippen LogP contribution in [0.1, 0.15) is 19.4 Å². The van der Waals surface area contributed by atoms with Gasteiger partial charge in [0.2, 0.25) is 5.95 Å². The Hall–Kier alpha value is -1.20. The third-order valence-electron chi connectivity index (χ3n) is 1.81. The summed E-state index contributed by atoms with van der Waals surface area (Å²) in [6.07, 6.45) is 3.23. The Balaban J connectivity index is 2.36. The summed E-state index contributed by atoms with van der Waals surface area (Å²) < 4.78 is 0. The summed E-state index contributed by atoms with van der Waals surface area (Å²) in [4.78, 5) is 8.28. The van der Waals surface area contributed by atoms with Gasteiger partial charge in [0, 0.05) is 37.6 Å². The lowest BCUT2D eigenvalue weighted by molar-refractivity contribution is 0.191. The van der Waals surface area contributed by atoms with E-state index in [1.54, 1.807) is 19.3 Å². The number of nitrogens with zero attached hydrogens (tertiary/aromatic N) is 2. The van der Waals surface area contributed by atoms with Gasteiger partial charge < -0.3 is 15.7 Å². The van der Waals surface area contributed by atoms with Crippen LogP contribution in [0.5, 0.6) is 0 Å². The lowest BCUT2D eigenvalue weighted by Gasteiger charge is -2.06. The van der Waals surface area contributed by atoms with Gasteiger partial charge in [-0.15, -0.1) is 0 Å². The minimum absolute atomic E-state index is 0.327. The molecule has 0 aliphatic rings. The van der Waals surface area contributed by atoms with Crippen LogP contribution in [0.3, 0.4) is 0 Å². The van der Waals surface area contributed by atoms with Gasteiger partial charge in [0.25, 0.3) is 0 Å². The third kappa shape index (κ3) is 4.71. The Morgan fingerprint density at radius 2 is 2.07 bits per heavy atom. The van der Waals surface area contributed by atoms with Crippen molar-refractivity contribution in [2.75, 3.05) is 18.4 Å². The first-order valence-corrected chi connectivity index (χ1v) is 5.16. The van der Waals surface area contributed by atoms with Gasteiger partial charge in [0.15, 0.2) is 0 Å².